The van der Waals surface area contributed by atoms with Crippen molar-refractivity contribution in [3.05, 3.63) is 0 Å². The van der Waals surface area contributed by atoms with Crippen LogP contribution in [0.1, 0.15) is 52.9 Å². The molecule has 0 aromatic heterocycles. The average Bonchev–Trinajstić information content (AvgIpc) is 2.38. The second kappa shape index (κ2) is 7.05. The van der Waals surface area contributed by atoms with E-state index in [0.29, 0.717) is 0 Å². The summed E-state index contributed by atoms with van der Waals surface area (Å²) in [5.41, 5.74) is 6.00. The van der Waals surface area contributed by atoms with Crippen LogP contribution in [0, 0.1) is 11.8 Å². The first-order valence-electron chi connectivity index (χ1n) is 8.17. The quantitative estimate of drug-likeness (QED) is 0.852. The van der Waals surface area contributed by atoms with E-state index in [0.717, 1.165) is 37.6 Å². The molecule has 0 aromatic rings. The Bertz CT molecular complexity index is 267. The molecule has 0 aromatic carbocycles. The molecule has 1 aliphatic carbocycles. The Morgan fingerprint density at radius 2 is 2.05 bits per heavy atom. The van der Waals surface area contributed by atoms with Crippen molar-refractivity contribution in [1.82, 2.24) is 4.90 Å². The van der Waals surface area contributed by atoms with Gasteiger partial charge in [0.05, 0.1) is 12.7 Å². The molecule has 2 N–H and O–H groups in total. The van der Waals surface area contributed by atoms with E-state index in [4.69, 9.17) is 10.5 Å². The van der Waals surface area contributed by atoms with Crippen LogP contribution in [0.5, 0.6) is 0 Å². The molecule has 0 bridgehead atoms. The molecule has 0 radical (unpaired) electrons. The van der Waals surface area contributed by atoms with E-state index in [2.05, 4.69) is 25.7 Å². The molecule has 0 amide bonds. The predicted octanol–water partition coefficient (Wildman–Crippen LogP) is 2.64. The summed E-state index contributed by atoms with van der Waals surface area (Å²) in [6, 6.07) is 0.931. The molecule has 2 fully saturated rings. The molecule has 2 aliphatic rings. The highest BCUT2D eigenvalue weighted by Crippen LogP contribution is 2.32. The lowest BCUT2D eigenvalue weighted by Gasteiger charge is -2.43. The van der Waals surface area contributed by atoms with Crippen LogP contribution in [0.25, 0.3) is 0 Å². The average molecular weight is 268 g/mol. The molecule has 1 heterocycles. The third-order valence-corrected chi connectivity index (χ3v) is 4.79. The number of nitrogens with zero attached hydrogens (tertiary/aromatic N) is 1. The van der Waals surface area contributed by atoms with Crippen molar-refractivity contribution in [1.29, 1.82) is 0 Å². The summed E-state index contributed by atoms with van der Waals surface area (Å²) >= 11 is 0. The predicted molar refractivity (Wildman–Crippen MR) is 80.2 cm³/mol. The third kappa shape index (κ3) is 4.44. The standard InChI is InChI=1S/C16H32N2O/c1-12(2)9-14-5-4-6-15(10-14)18-7-8-19-16(11-18)13(3)17/h12-16H,4-11,17H2,1-3H3. The van der Waals surface area contributed by atoms with Crippen LogP contribution in [0.15, 0.2) is 0 Å². The molecule has 1 saturated carbocycles. The summed E-state index contributed by atoms with van der Waals surface area (Å²) in [6.45, 7) is 9.77. The Hall–Kier alpha value is -0.120. The largest absolute Gasteiger partial charge is 0.374 e. The Morgan fingerprint density at radius 1 is 1.26 bits per heavy atom. The van der Waals surface area contributed by atoms with Gasteiger partial charge in [0, 0.05) is 25.2 Å². The molecule has 19 heavy (non-hydrogen) atoms. The zero-order valence-corrected chi connectivity index (χ0v) is 13.0. The van der Waals surface area contributed by atoms with Crippen molar-refractivity contribution >= 4 is 0 Å². The van der Waals surface area contributed by atoms with Crippen LogP contribution in [0.2, 0.25) is 0 Å². The van der Waals surface area contributed by atoms with Crippen molar-refractivity contribution in [3.8, 4) is 0 Å². The lowest BCUT2D eigenvalue weighted by molar-refractivity contribution is -0.0593. The molecule has 1 aliphatic heterocycles. The van der Waals surface area contributed by atoms with E-state index < -0.39 is 0 Å². The van der Waals surface area contributed by atoms with Crippen molar-refractivity contribution in [3.63, 3.8) is 0 Å². The number of hydrogen-bond acceptors (Lipinski definition) is 3. The summed E-state index contributed by atoms with van der Waals surface area (Å²) < 4.78 is 5.79. The molecule has 4 atom stereocenters. The first kappa shape index (κ1) is 15.3. The summed E-state index contributed by atoms with van der Waals surface area (Å²) in [4.78, 5) is 2.66. The molecule has 3 heteroatoms. The van der Waals surface area contributed by atoms with E-state index in [1.54, 1.807) is 0 Å². The van der Waals surface area contributed by atoms with Gasteiger partial charge < -0.3 is 10.5 Å². The van der Waals surface area contributed by atoms with E-state index in [9.17, 15) is 0 Å². The van der Waals surface area contributed by atoms with Crippen LogP contribution in [-0.2, 0) is 4.74 Å². The zero-order valence-electron chi connectivity index (χ0n) is 13.0. The topological polar surface area (TPSA) is 38.5 Å². The van der Waals surface area contributed by atoms with Crippen molar-refractivity contribution in [2.75, 3.05) is 19.7 Å². The van der Waals surface area contributed by atoms with Gasteiger partial charge in [0.2, 0.25) is 0 Å². The van der Waals surface area contributed by atoms with E-state index in [1.807, 2.05) is 0 Å². The fourth-order valence-electron chi connectivity index (χ4n) is 3.82. The summed E-state index contributed by atoms with van der Waals surface area (Å²) in [6.07, 6.45) is 7.25. The van der Waals surface area contributed by atoms with Crippen molar-refractivity contribution in [2.45, 2.75) is 71.1 Å². The Kier molecular flexibility index (Phi) is 5.67. The van der Waals surface area contributed by atoms with Crippen molar-refractivity contribution in [2.24, 2.45) is 17.6 Å². The minimum atomic E-state index is 0.151. The molecule has 1 saturated heterocycles. The van der Waals surface area contributed by atoms with E-state index >= 15 is 0 Å². The lowest BCUT2D eigenvalue weighted by atomic mass is 9.80. The fourth-order valence-corrected chi connectivity index (χ4v) is 3.82. The van der Waals surface area contributed by atoms with Crippen LogP contribution in [0.4, 0.5) is 0 Å². The van der Waals surface area contributed by atoms with Gasteiger partial charge in [0.25, 0.3) is 0 Å². The molecule has 4 unspecified atom stereocenters. The van der Waals surface area contributed by atoms with Crippen LogP contribution in [-0.4, -0.2) is 42.8 Å². The van der Waals surface area contributed by atoms with Crippen LogP contribution in [0.3, 0.4) is 0 Å². The molecular weight excluding hydrogens is 236 g/mol. The highest BCUT2D eigenvalue weighted by atomic mass is 16.5. The SMILES string of the molecule is CC(C)CC1CCCC(N2CCOC(C(C)N)C2)C1. The maximum Gasteiger partial charge on any atom is 0.0850 e. The number of ether oxygens (including phenoxy) is 1. The van der Waals surface area contributed by atoms with Gasteiger partial charge in [-0.1, -0.05) is 26.7 Å². The molecule has 2 rings (SSSR count). The highest BCUT2D eigenvalue weighted by Gasteiger charge is 2.31. The monoisotopic (exact) mass is 268 g/mol. The van der Waals surface area contributed by atoms with Gasteiger partial charge in [-0.15, -0.1) is 0 Å². The smallest absolute Gasteiger partial charge is 0.0850 e. The minimum absolute atomic E-state index is 0.151. The number of hydrogen-bond donors (Lipinski definition) is 1. The zero-order chi connectivity index (χ0) is 13.8. The normalized spacial score (nSPS) is 35.5. The number of rotatable bonds is 4. The molecular formula is C16H32N2O. The van der Waals surface area contributed by atoms with E-state index in [-0.39, 0.29) is 12.1 Å². The highest BCUT2D eigenvalue weighted by molar-refractivity contribution is 4.86. The maximum absolute atomic E-state index is 6.00. The second-order valence-electron chi connectivity index (χ2n) is 7.08. The van der Waals surface area contributed by atoms with Crippen molar-refractivity contribution < 1.29 is 4.74 Å². The van der Waals surface area contributed by atoms with Gasteiger partial charge in [-0.25, -0.2) is 0 Å². The Balaban J connectivity index is 1.86. The molecule has 3 nitrogen and oxygen atoms in total. The summed E-state index contributed by atoms with van der Waals surface area (Å²) in [7, 11) is 0. The van der Waals surface area contributed by atoms with Gasteiger partial charge in [-0.05, 0) is 38.0 Å². The van der Waals surface area contributed by atoms with Crippen LogP contribution >= 0.6 is 0 Å². The first-order valence-corrected chi connectivity index (χ1v) is 8.17. The molecule has 112 valence electrons. The van der Waals surface area contributed by atoms with Gasteiger partial charge in [0.15, 0.2) is 0 Å². The van der Waals surface area contributed by atoms with Gasteiger partial charge in [-0.3, -0.25) is 4.90 Å². The third-order valence-electron chi connectivity index (χ3n) is 4.79. The second-order valence-corrected chi connectivity index (χ2v) is 7.08. The van der Waals surface area contributed by atoms with Crippen LogP contribution < -0.4 is 5.73 Å². The fraction of sp³-hybridized carbons (Fsp3) is 1.00. The molecule has 0 spiro atoms. The van der Waals surface area contributed by atoms with Gasteiger partial charge >= 0.3 is 0 Å². The minimum Gasteiger partial charge on any atom is -0.374 e. The van der Waals surface area contributed by atoms with Gasteiger partial charge in [-0.2, -0.15) is 0 Å². The van der Waals surface area contributed by atoms with Gasteiger partial charge in [0.1, 0.15) is 0 Å². The number of morpholine rings is 1. The Labute approximate surface area is 118 Å². The summed E-state index contributed by atoms with van der Waals surface area (Å²) in [5, 5.41) is 0. The first-order chi connectivity index (χ1) is 9.06. The van der Waals surface area contributed by atoms with E-state index in [1.165, 1.54) is 32.1 Å². The Morgan fingerprint density at radius 3 is 2.74 bits per heavy atom. The summed E-state index contributed by atoms with van der Waals surface area (Å²) in [5.74, 6) is 1.78. The lowest BCUT2D eigenvalue weighted by Crippen LogP contribution is -2.53. The maximum atomic E-state index is 6.00. The number of nitrogens with two attached hydrogens (primary N) is 1.